The Bertz CT molecular complexity index is 247. The Kier molecular flexibility index (Phi) is 7.88. The van der Waals surface area contributed by atoms with Crippen molar-refractivity contribution in [3.8, 4) is 0 Å². The van der Waals surface area contributed by atoms with Gasteiger partial charge >= 0.3 is 5.97 Å². The van der Waals surface area contributed by atoms with Crippen LogP contribution < -0.4 is 0 Å². The lowest BCUT2D eigenvalue weighted by atomic mass is 10.2. The predicted octanol–water partition coefficient (Wildman–Crippen LogP) is 3.41. The fraction of sp³-hybridized carbons (Fsp3) is 0.786. The first-order valence-corrected chi connectivity index (χ1v) is 6.50. The fourth-order valence-corrected chi connectivity index (χ4v) is 1.54. The molecule has 0 fully saturated rings. The molecule has 0 aromatic carbocycles. The Hall–Kier alpha value is -0.830. The Morgan fingerprint density at radius 1 is 1.18 bits per heavy atom. The third kappa shape index (κ3) is 7.97. The summed E-state index contributed by atoms with van der Waals surface area (Å²) in [5, 5.41) is 1.78. The predicted molar refractivity (Wildman–Crippen MR) is 71.4 cm³/mol. The van der Waals surface area contributed by atoms with Gasteiger partial charge in [-0.1, -0.05) is 40.7 Å². The molecule has 17 heavy (non-hydrogen) atoms. The SMILES string of the molecule is CCC=C(C)C(=O)ON(CC(C)C)CC(C)C. The van der Waals surface area contributed by atoms with Gasteiger partial charge in [-0.2, -0.15) is 0 Å². The maximum atomic E-state index is 11.8. The van der Waals surface area contributed by atoms with Crippen molar-refractivity contribution in [1.82, 2.24) is 5.06 Å². The normalized spacial score (nSPS) is 12.6. The lowest BCUT2D eigenvalue weighted by Crippen LogP contribution is -2.34. The summed E-state index contributed by atoms with van der Waals surface area (Å²) in [6.45, 7) is 13.9. The Morgan fingerprint density at radius 3 is 2.00 bits per heavy atom. The topological polar surface area (TPSA) is 29.5 Å². The number of hydroxylamine groups is 2. The van der Waals surface area contributed by atoms with Crippen molar-refractivity contribution < 1.29 is 9.63 Å². The minimum absolute atomic E-state index is 0.229. The van der Waals surface area contributed by atoms with Crippen LogP contribution in [0.2, 0.25) is 0 Å². The van der Waals surface area contributed by atoms with E-state index < -0.39 is 0 Å². The van der Waals surface area contributed by atoms with Crippen LogP contribution in [0.3, 0.4) is 0 Å². The van der Waals surface area contributed by atoms with Gasteiger partial charge in [-0.05, 0) is 25.2 Å². The summed E-state index contributed by atoms with van der Waals surface area (Å²) >= 11 is 0. The molecule has 0 saturated heterocycles. The molecule has 0 aromatic heterocycles. The number of allylic oxidation sites excluding steroid dienone is 1. The molecule has 0 bridgehead atoms. The van der Waals surface area contributed by atoms with Crippen LogP contribution in [0.1, 0.15) is 48.0 Å². The lowest BCUT2D eigenvalue weighted by Gasteiger charge is -2.24. The monoisotopic (exact) mass is 241 g/mol. The molecule has 3 heteroatoms. The Balaban J connectivity index is 4.41. The van der Waals surface area contributed by atoms with E-state index in [-0.39, 0.29) is 5.97 Å². The van der Waals surface area contributed by atoms with Crippen molar-refractivity contribution in [1.29, 1.82) is 0 Å². The molecule has 3 nitrogen and oxygen atoms in total. The summed E-state index contributed by atoms with van der Waals surface area (Å²) in [4.78, 5) is 17.2. The maximum absolute atomic E-state index is 11.8. The molecule has 100 valence electrons. The molecule has 0 amide bonds. The number of hydrogen-bond acceptors (Lipinski definition) is 3. The highest BCUT2D eigenvalue weighted by Gasteiger charge is 2.15. The van der Waals surface area contributed by atoms with Crippen LogP contribution in [0.15, 0.2) is 11.6 Å². The van der Waals surface area contributed by atoms with Crippen LogP contribution in [0.25, 0.3) is 0 Å². The zero-order valence-electron chi connectivity index (χ0n) is 12.1. The van der Waals surface area contributed by atoms with E-state index in [0.717, 1.165) is 19.5 Å². The first-order chi connectivity index (χ1) is 7.86. The number of carbonyl (C=O) groups excluding carboxylic acids is 1. The highest BCUT2D eigenvalue weighted by atomic mass is 16.7. The molecular formula is C14H27NO2. The number of rotatable bonds is 7. The molecule has 0 unspecified atom stereocenters. The van der Waals surface area contributed by atoms with Crippen molar-refractivity contribution in [2.45, 2.75) is 48.0 Å². The summed E-state index contributed by atoms with van der Waals surface area (Å²) < 4.78 is 0. The number of carbonyl (C=O) groups is 1. The van der Waals surface area contributed by atoms with E-state index in [1.165, 1.54) is 0 Å². The third-order valence-corrected chi connectivity index (χ3v) is 2.18. The second-order valence-electron chi connectivity index (χ2n) is 5.31. The summed E-state index contributed by atoms with van der Waals surface area (Å²) in [6.07, 6.45) is 2.75. The summed E-state index contributed by atoms with van der Waals surface area (Å²) in [7, 11) is 0. The van der Waals surface area contributed by atoms with Crippen LogP contribution in [0.4, 0.5) is 0 Å². The molecule has 0 aliphatic heterocycles. The second kappa shape index (κ2) is 8.29. The van der Waals surface area contributed by atoms with Crippen molar-refractivity contribution in [2.24, 2.45) is 11.8 Å². The molecule has 0 spiro atoms. The van der Waals surface area contributed by atoms with Crippen molar-refractivity contribution in [3.05, 3.63) is 11.6 Å². The number of nitrogens with zero attached hydrogens (tertiary/aromatic N) is 1. The zero-order chi connectivity index (χ0) is 13.4. The second-order valence-corrected chi connectivity index (χ2v) is 5.31. The average Bonchev–Trinajstić information content (AvgIpc) is 2.15. The van der Waals surface area contributed by atoms with Gasteiger partial charge in [0.05, 0.1) is 0 Å². The molecular weight excluding hydrogens is 214 g/mol. The van der Waals surface area contributed by atoms with Crippen LogP contribution >= 0.6 is 0 Å². The summed E-state index contributed by atoms with van der Waals surface area (Å²) in [5.41, 5.74) is 0.685. The van der Waals surface area contributed by atoms with Crippen LogP contribution in [-0.4, -0.2) is 24.1 Å². The van der Waals surface area contributed by atoms with Crippen LogP contribution in [0, 0.1) is 11.8 Å². The molecule has 0 N–H and O–H groups in total. The lowest BCUT2D eigenvalue weighted by molar-refractivity contribution is -0.190. The smallest absolute Gasteiger partial charge is 0.352 e. The molecule has 0 aromatic rings. The van der Waals surface area contributed by atoms with E-state index in [4.69, 9.17) is 4.84 Å². The average molecular weight is 241 g/mol. The first-order valence-electron chi connectivity index (χ1n) is 6.50. The molecule has 0 atom stereocenters. The van der Waals surface area contributed by atoms with Gasteiger partial charge in [0, 0.05) is 18.7 Å². The van der Waals surface area contributed by atoms with Crippen molar-refractivity contribution >= 4 is 5.97 Å². The number of hydrogen-bond donors (Lipinski definition) is 0. The fourth-order valence-electron chi connectivity index (χ4n) is 1.54. The van der Waals surface area contributed by atoms with Gasteiger partial charge in [0.2, 0.25) is 0 Å². The highest BCUT2D eigenvalue weighted by Crippen LogP contribution is 2.07. The minimum atomic E-state index is -0.229. The summed E-state index contributed by atoms with van der Waals surface area (Å²) in [6, 6.07) is 0. The standard InChI is InChI=1S/C14H27NO2/c1-7-8-13(6)14(16)17-15(9-11(2)3)10-12(4)5/h8,11-12H,7,9-10H2,1-6H3. The Labute approximate surface area is 106 Å². The highest BCUT2D eigenvalue weighted by molar-refractivity contribution is 5.87. The van der Waals surface area contributed by atoms with Gasteiger partial charge in [0.25, 0.3) is 0 Å². The first kappa shape index (κ1) is 16.2. The van der Waals surface area contributed by atoms with E-state index in [2.05, 4.69) is 27.7 Å². The molecule has 0 aliphatic carbocycles. The van der Waals surface area contributed by atoms with Gasteiger partial charge in [-0.25, -0.2) is 4.79 Å². The van der Waals surface area contributed by atoms with E-state index >= 15 is 0 Å². The van der Waals surface area contributed by atoms with Gasteiger partial charge in [0.15, 0.2) is 0 Å². The zero-order valence-corrected chi connectivity index (χ0v) is 12.1. The van der Waals surface area contributed by atoms with Crippen LogP contribution in [0.5, 0.6) is 0 Å². The van der Waals surface area contributed by atoms with E-state index in [1.54, 1.807) is 12.0 Å². The molecule has 0 aliphatic rings. The minimum Gasteiger partial charge on any atom is -0.364 e. The van der Waals surface area contributed by atoms with Gasteiger partial charge in [-0.3, -0.25) is 0 Å². The molecule has 0 heterocycles. The maximum Gasteiger partial charge on any atom is 0.352 e. The molecule has 0 rings (SSSR count). The third-order valence-electron chi connectivity index (χ3n) is 2.18. The summed E-state index contributed by atoms with van der Waals surface area (Å²) in [5.74, 6) is 0.738. The van der Waals surface area contributed by atoms with Gasteiger partial charge < -0.3 is 4.84 Å². The molecule has 0 saturated carbocycles. The van der Waals surface area contributed by atoms with E-state index in [9.17, 15) is 4.79 Å². The van der Waals surface area contributed by atoms with E-state index in [0.29, 0.717) is 17.4 Å². The van der Waals surface area contributed by atoms with Crippen molar-refractivity contribution in [3.63, 3.8) is 0 Å². The largest absolute Gasteiger partial charge is 0.364 e. The quantitative estimate of drug-likeness (QED) is 0.505. The van der Waals surface area contributed by atoms with Crippen LogP contribution in [-0.2, 0) is 9.63 Å². The van der Waals surface area contributed by atoms with Gasteiger partial charge in [0.1, 0.15) is 0 Å². The molecule has 0 radical (unpaired) electrons. The van der Waals surface area contributed by atoms with E-state index in [1.807, 2.05) is 13.0 Å². The van der Waals surface area contributed by atoms with Crippen molar-refractivity contribution in [2.75, 3.05) is 13.1 Å². The Morgan fingerprint density at radius 2 is 1.65 bits per heavy atom. The van der Waals surface area contributed by atoms with Gasteiger partial charge in [-0.15, -0.1) is 5.06 Å².